The molecular formula is C28H47N5O7S. The molecule has 232 valence electrons. The molecule has 0 saturated carbocycles. The lowest BCUT2D eigenvalue weighted by atomic mass is 9.90. The second-order valence-electron chi connectivity index (χ2n) is 10.7. The summed E-state index contributed by atoms with van der Waals surface area (Å²) >= 11 is 1.46. The van der Waals surface area contributed by atoms with Gasteiger partial charge in [0, 0.05) is 45.8 Å². The van der Waals surface area contributed by atoms with Gasteiger partial charge in [0.25, 0.3) is 0 Å². The molecule has 0 spiro atoms. The van der Waals surface area contributed by atoms with Crippen molar-refractivity contribution >= 4 is 35.5 Å². The monoisotopic (exact) mass is 597 g/mol. The Labute approximate surface area is 247 Å². The topological polar surface area (TPSA) is 150 Å². The molecule has 2 rings (SSSR count). The highest BCUT2D eigenvalue weighted by Crippen LogP contribution is 2.29. The number of carbonyl (C=O) groups is 4. The number of rotatable bonds is 18. The summed E-state index contributed by atoms with van der Waals surface area (Å²) in [6.07, 6.45) is 3.75. The highest BCUT2D eigenvalue weighted by Gasteiger charge is 2.42. The van der Waals surface area contributed by atoms with Crippen molar-refractivity contribution in [1.82, 2.24) is 25.4 Å². The van der Waals surface area contributed by atoms with Gasteiger partial charge in [0.15, 0.2) is 0 Å². The first-order valence-corrected chi connectivity index (χ1v) is 15.1. The average Bonchev–Trinajstić information content (AvgIpc) is 3.67. The molecule has 4 amide bonds. The number of carbonyl (C=O) groups excluding carboxylic acids is 4. The minimum Gasteiger partial charge on any atom is -0.394 e. The molecule has 1 aliphatic rings. The minimum absolute atomic E-state index is 0.0339. The van der Waals surface area contributed by atoms with Crippen LogP contribution >= 0.6 is 11.3 Å². The fraction of sp³-hybridized carbons (Fsp3) is 0.750. The van der Waals surface area contributed by atoms with Gasteiger partial charge in [-0.05, 0) is 18.8 Å². The summed E-state index contributed by atoms with van der Waals surface area (Å²) in [5.41, 5.74) is 0. The van der Waals surface area contributed by atoms with Crippen LogP contribution in [0.2, 0.25) is 0 Å². The largest absolute Gasteiger partial charge is 0.394 e. The van der Waals surface area contributed by atoms with Gasteiger partial charge in [-0.1, -0.05) is 27.2 Å². The maximum absolute atomic E-state index is 13.7. The maximum Gasteiger partial charge on any atom is 0.242 e. The van der Waals surface area contributed by atoms with Crippen LogP contribution in [0, 0.1) is 11.8 Å². The number of likely N-dealkylation sites (N-methyl/N-ethyl adjacent to an activating group) is 1. The number of likely N-dealkylation sites (tertiary alicyclic amines) is 1. The van der Waals surface area contributed by atoms with Crippen LogP contribution in [0.3, 0.4) is 0 Å². The first-order chi connectivity index (χ1) is 19.6. The van der Waals surface area contributed by atoms with Gasteiger partial charge < -0.3 is 35.0 Å². The van der Waals surface area contributed by atoms with Crippen molar-refractivity contribution in [3.05, 3.63) is 16.6 Å². The Balaban J connectivity index is 2.14. The molecule has 1 aromatic rings. The molecular weight excluding hydrogens is 550 g/mol. The first kappa shape index (κ1) is 34.6. The van der Waals surface area contributed by atoms with Crippen molar-refractivity contribution in [3.63, 3.8) is 0 Å². The van der Waals surface area contributed by atoms with E-state index in [-0.39, 0.29) is 55.3 Å². The van der Waals surface area contributed by atoms with Crippen molar-refractivity contribution in [2.45, 2.75) is 83.2 Å². The van der Waals surface area contributed by atoms with E-state index in [1.54, 1.807) is 37.1 Å². The van der Waals surface area contributed by atoms with Gasteiger partial charge >= 0.3 is 0 Å². The third kappa shape index (κ3) is 9.45. The molecule has 13 heteroatoms. The Morgan fingerprint density at radius 2 is 2.02 bits per heavy atom. The van der Waals surface area contributed by atoms with Crippen LogP contribution in [0.4, 0.5) is 0 Å². The lowest BCUT2D eigenvalue weighted by Gasteiger charge is -2.39. The van der Waals surface area contributed by atoms with Crippen LogP contribution in [-0.4, -0.2) is 115 Å². The average molecular weight is 598 g/mol. The molecule has 2 heterocycles. The standard InChI is InChI=1S/C28H47N5O7S/c1-7-18(2)26(32(4)25(37)15-29-17-35)22(39-5)14-24(36)33-11-8-9-21(33)27(40-6)19(3)28(38)31-20(16-34)13-23-30-10-12-41-23/h10,12,17-22,26-27,34H,7-9,11,13-16H2,1-6H3,(H,29,35)(H,31,38). The van der Waals surface area contributed by atoms with E-state index in [4.69, 9.17) is 9.47 Å². The zero-order valence-corrected chi connectivity index (χ0v) is 25.9. The normalized spacial score (nSPS) is 19.5. The Morgan fingerprint density at radius 3 is 2.59 bits per heavy atom. The van der Waals surface area contributed by atoms with Crippen molar-refractivity contribution in [2.75, 3.05) is 41.0 Å². The molecule has 7 unspecified atom stereocenters. The van der Waals surface area contributed by atoms with Gasteiger partial charge in [-0.2, -0.15) is 0 Å². The van der Waals surface area contributed by atoms with Gasteiger partial charge in [0.1, 0.15) is 0 Å². The maximum atomic E-state index is 13.7. The van der Waals surface area contributed by atoms with E-state index >= 15 is 0 Å². The molecule has 3 N–H and O–H groups in total. The van der Waals surface area contributed by atoms with E-state index in [0.29, 0.717) is 25.8 Å². The van der Waals surface area contributed by atoms with Crippen molar-refractivity contribution in [1.29, 1.82) is 0 Å². The van der Waals surface area contributed by atoms with Crippen LogP contribution in [-0.2, 0) is 35.1 Å². The quantitative estimate of drug-likeness (QED) is 0.211. The second-order valence-corrected chi connectivity index (χ2v) is 11.6. The molecule has 1 aromatic heterocycles. The number of hydrogen-bond acceptors (Lipinski definition) is 9. The molecule has 1 saturated heterocycles. The van der Waals surface area contributed by atoms with E-state index in [9.17, 15) is 24.3 Å². The highest BCUT2D eigenvalue weighted by atomic mass is 32.1. The van der Waals surface area contributed by atoms with Gasteiger partial charge in [-0.25, -0.2) is 4.98 Å². The van der Waals surface area contributed by atoms with E-state index in [1.165, 1.54) is 18.4 Å². The molecule has 0 aliphatic carbocycles. The highest BCUT2D eigenvalue weighted by molar-refractivity contribution is 7.09. The Bertz CT molecular complexity index is 966. The number of hydrogen-bond donors (Lipinski definition) is 3. The zero-order valence-electron chi connectivity index (χ0n) is 25.1. The van der Waals surface area contributed by atoms with Gasteiger partial charge in [-0.15, -0.1) is 11.3 Å². The summed E-state index contributed by atoms with van der Waals surface area (Å²) in [6.45, 7) is 5.96. The van der Waals surface area contributed by atoms with Gasteiger partial charge in [0.05, 0.1) is 60.8 Å². The Hall–Kier alpha value is -2.61. The molecule has 1 aliphatic heterocycles. The number of methoxy groups -OCH3 is 2. The molecule has 1 fully saturated rings. The van der Waals surface area contributed by atoms with Crippen LogP contribution in [0.15, 0.2) is 11.6 Å². The molecule has 0 bridgehead atoms. The predicted octanol–water partition coefficient (Wildman–Crippen LogP) is 0.829. The first-order valence-electron chi connectivity index (χ1n) is 14.2. The van der Waals surface area contributed by atoms with E-state index in [2.05, 4.69) is 15.6 Å². The van der Waals surface area contributed by atoms with Crippen LogP contribution in [0.25, 0.3) is 0 Å². The summed E-state index contributed by atoms with van der Waals surface area (Å²) in [4.78, 5) is 57.9. The summed E-state index contributed by atoms with van der Waals surface area (Å²) < 4.78 is 11.6. The number of aliphatic hydroxyl groups is 1. The lowest BCUT2D eigenvalue weighted by Crippen LogP contribution is -2.54. The van der Waals surface area contributed by atoms with Crippen molar-refractivity contribution in [3.8, 4) is 0 Å². The number of aliphatic hydroxyl groups excluding tert-OH is 1. The predicted molar refractivity (Wildman–Crippen MR) is 155 cm³/mol. The third-order valence-electron chi connectivity index (χ3n) is 8.11. The molecule has 12 nitrogen and oxygen atoms in total. The second kappa shape index (κ2) is 17.4. The molecule has 41 heavy (non-hydrogen) atoms. The number of aromatic nitrogens is 1. The van der Waals surface area contributed by atoms with E-state index < -0.39 is 24.2 Å². The Morgan fingerprint density at radius 1 is 1.29 bits per heavy atom. The van der Waals surface area contributed by atoms with Crippen LogP contribution < -0.4 is 10.6 Å². The SMILES string of the molecule is CCC(C)C(C(CC(=O)N1CCCC1C(OC)C(C)C(=O)NC(CO)Cc1nccs1)OC)N(C)C(=O)CNC=O. The van der Waals surface area contributed by atoms with E-state index in [0.717, 1.165) is 17.8 Å². The van der Waals surface area contributed by atoms with Gasteiger partial charge in [-0.3, -0.25) is 19.2 Å². The number of amides is 4. The smallest absolute Gasteiger partial charge is 0.242 e. The van der Waals surface area contributed by atoms with E-state index in [1.807, 2.05) is 19.2 Å². The molecule has 0 radical (unpaired) electrons. The number of nitrogens with zero attached hydrogens (tertiary/aromatic N) is 3. The van der Waals surface area contributed by atoms with Crippen LogP contribution in [0.5, 0.6) is 0 Å². The number of nitrogens with one attached hydrogen (secondary N) is 2. The van der Waals surface area contributed by atoms with Gasteiger partial charge in [0.2, 0.25) is 24.1 Å². The summed E-state index contributed by atoms with van der Waals surface area (Å²) in [5, 5.41) is 17.8. The summed E-state index contributed by atoms with van der Waals surface area (Å²) in [5.74, 6) is -1.21. The minimum atomic E-state index is -0.580. The summed E-state index contributed by atoms with van der Waals surface area (Å²) in [6, 6.07) is -1.17. The van der Waals surface area contributed by atoms with Crippen LogP contribution in [0.1, 0.15) is 51.5 Å². The third-order valence-corrected chi connectivity index (χ3v) is 8.91. The molecule has 0 aromatic carbocycles. The van der Waals surface area contributed by atoms with Crippen molar-refractivity contribution < 1.29 is 33.8 Å². The number of thiazole rings is 1. The Kier molecular flexibility index (Phi) is 14.7. The fourth-order valence-corrected chi connectivity index (χ4v) is 6.34. The lowest BCUT2D eigenvalue weighted by molar-refractivity contribution is -0.145. The van der Waals surface area contributed by atoms with Crippen molar-refractivity contribution in [2.24, 2.45) is 11.8 Å². The fourth-order valence-electron chi connectivity index (χ4n) is 5.64. The number of ether oxygens (including phenoxy) is 2. The summed E-state index contributed by atoms with van der Waals surface area (Å²) in [7, 11) is 4.74. The molecule has 7 atom stereocenters. The zero-order chi connectivity index (χ0) is 30.5.